The first kappa shape index (κ1) is 24.8. The molecule has 0 radical (unpaired) electrons. The molecule has 0 spiro atoms. The lowest BCUT2D eigenvalue weighted by Crippen LogP contribution is -2.38. The minimum atomic E-state index is -0.427. The van der Waals surface area contributed by atoms with Gasteiger partial charge in [-0.05, 0) is 54.5 Å². The zero-order valence-corrected chi connectivity index (χ0v) is 21.5. The summed E-state index contributed by atoms with van der Waals surface area (Å²) in [5.41, 5.74) is 9.56. The Bertz CT molecular complexity index is 1250. The lowest BCUT2D eigenvalue weighted by Gasteiger charge is -2.30. The third-order valence-electron chi connectivity index (χ3n) is 6.03. The van der Waals surface area contributed by atoms with Gasteiger partial charge < -0.3 is 15.4 Å². The summed E-state index contributed by atoms with van der Waals surface area (Å²) in [5, 5.41) is 5.02. The van der Waals surface area contributed by atoms with Gasteiger partial charge in [0.15, 0.2) is 0 Å². The van der Waals surface area contributed by atoms with Gasteiger partial charge in [-0.3, -0.25) is 4.79 Å². The first-order valence-corrected chi connectivity index (χ1v) is 13.3. The maximum Gasteiger partial charge on any atom is 0.226 e. The highest BCUT2D eigenvalue weighted by Crippen LogP contribution is 2.33. The standard InChI is InChI=1S/C28H29N3O2S2/c1-19(32)15-22(16-20-7-4-3-5-8-20)28(33)31(2)25(17-21-10-12-23(29)13-11-21)24-18-35-27(30-24)26-9-6-14-34-26/h3-14,18,22,25H,15-17,29H2,1-2H3/t22-,25-/m0/s1. The molecule has 0 bridgehead atoms. The summed E-state index contributed by atoms with van der Waals surface area (Å²) < 4.78 is 0. The minimum Gasteiger partial charge on any atom is -0.399 e. The van der Waals surface area contributed by atoms with Gasteiger partial charge in [-0.1, -0.05) is 48.5 Å². The van der Waals surface area contributed by atoms with E-state index in [4.69, 9.17) is 10.7 Å². The molecular formula is C28H29N3O2S2. The number of likely N-dealkylation sites (N-methyl/N-ethyl adjacent to an activating group) is 1. The molecule has 35 heavy (non-hydrogen) atoms. The molecule has 2 atom stereocenters. The van der Waals surface area contributed by atoms with Gasteiger partial charge in [-0.2, -0.15) is 0 Å². The topological polar surface area (TPSA) is 76.3 Å². The first-order valence-electron chi connectivity index (χ1n) is 11.5. The molecule has 0 aliphatic carbocycles. The van der Waals surface area contributed by atoms with E-state index in [0.29, 0.717) is 18.5 Å². The van der Waals surface area contributed by atoms with Gasteiger partial charge in [0.1, 0.15) is 10.8 Å². The van der Waals surface area contributed by atoms with Crippen molar-refractivity contribution < 1.29 is 9.59 Å². The molecular weight excluding hydrogens is 474 g/mol. The Balaban J connectivity index is 1.64. The lowest BCUT2D eigenvalue weighted by atomic mass is 9.92. The van der Waals surface area contributed by atoms with Crippen molar-refractivity contribution >= 4 is 40.1 Å². The molecule has 2 N–H and O–H groups in total. The molecule has 0 aliphatic heterocycles. The minimum absolute atomic E-state index is 0.0106. The van der Waals surface area contributed by atoms with Gasteiger partial charge in [0, 0.05) is 30.5 Å². The van der Waals surface area contributed by atoms with E-state index in [1.165, 1.54) is 0 Å². The number of rotatable bonds is 10. The fraction of sp³-hybridized carbons (Fsp3) is 0.250. The number of carbonyl (C=O) groups excluding carboxylic acids is 2. The number of aromatic nitrogens is 1. The SMILES string of the molecule is CC(=O)C[C@@H](Cc1ccccc1)C(=O)N(C)[C@@H](Cc1ccc(N)cc1)c1csc(-c2cccs2)n1. The zero-order chi connectivity index (χ0) is 24.8. The summed E-state index contributed by atoms with van der Waals surface area (Å²) in [7, 11) is 1.83. The molecule has 2 aromatic carbocycles. The molecule has 4 rings (SSSR count). The van der Waals surface area contributed by atoms with Crippen molar-refractivity contribution in [3.05, 3.63) is 94.3 Å². The number of ketones is 1. The summed E-state index contributed by atoms with van der Waals surface area (Å²) in [6.45, 7) is 1.55. The molecule has 0 fully saturated rings. The quantitative estimate of drug-likeness (QED) is 0.268. The van der Waals surface area contributed by atoms with Crippen LogP contribution in [0, 0.1) is 5.92 Å². The number of nitrogens with two attached hydrogens (primary N) is 1. The van der Waals surface area contributed by atoms with E-state index in [9.17, 15) is 9.59 Å². The summed E-state index contributed by atoms with van der Waals surface area (Å²) in [6, 6.07) is 21.4. The maximum absolute atomic E-state index is 13.8. The van der Waals surface area contributed by atoms with E-state index in [1.54, 1.807) is 34.5 Å². The van der Waals surface area contributed by atoms with Crippen molar-refractivity contribution in [1.29, 1.82) is 0 Å². The highest BCUT2D eigenvalue weighted by molar-refractivity contribution is 7.20. The van der Waals surface area contributed by atoms with Gasteiger partial charge >= 0.3 is 0 Å². The number of hydrogen-bond donors (Lipinski definition) is 1. The molecule has 1 amide bonds. The second-order valence-electron chi connectivity index (χ2n) is 8.76. The van der Waals surface area contributed by atoms with Crippen molar-refractivity contribution in [3.8, 4) is 9.88 Å². The fourth-order valence-corrected chi connectivity index (χ4v) is 5.88. The second kappa shape index (κ2) is 11.4. The number of carbonyl (C=O) groups is 2. The second-order valence-corrected chi connectivity index (χ2v) is 10.6. The number of hydrogen-bond acceptors (Lipinski definition) is 6. The number of thiazole rings is 1. The van der Waals surface area contributed by atoms with E-state index in [0.717, 1.165) is 26.7 Å². The Hall–Kier alpha value is -3.29. The average Bonchev–Trinajstić information content (AvgIpc) is 3.55. The molecule has 180 valence electrons. The van der Waals surface area contributed by atoms with Crippen LogP contribution in [0.5, 0.6) is 0 Å². The number of thiophene rings is 1. The van der Waals surface area contributed by atoms with Crippen LogP contribution >= 0.6 is 22.7 Å². The largest absolute Gasteiger partial charge is 0.399 e. The maximum atomic E-state index is 13.8. The highest BCUT2D eigenvalue weighted by atomic mass is 32.1. The van der Waals surface area contributed by atoms with Crippen LogP contribution in [0.3, 0.4) is 0 Å². The molecule has 0 saturated carbocycles. The zero-order valence-electron chi connectivity index (χ0n) is 19.9. The van der Waals surface area contributed by atoms with Gasteiger partial charge in [0.25, 0.3) is 0 Å². The fourth-order valence-electron chi connectivity index (χ4n) is 4.20. The highest BCUT2D eigenvalue weighted by Gasteiger charge is 2.30. The summed E-state index contributed by atoms with van der Waals surface area (Å²) >= 11 is 3.24. The average molecular weight is 504 g/mol. The number of amides is 1. The Kier molecular flexibility index (Phi) is 8.10. The third kappa shape index (κ3) is 6.44. The van der Waals surface area contributed by atoms with E-state index >= 15 is 0 Å². The summed E-state index contributed by atoms with van der Waals surface area (Å²) in [5.74, 6) is -0.462. The predicted octanol–water partition coefficient (Wildman–Crippen LogP) is 6.03. The molecule has 0 saturated heterocycles. The normalized spacial score (nSPS) is 12.7. The number of benzene rings is 2. The van der Waals surface area contributed by atoms with Gasteiger partial charge in [0.2, 0.25) is 5.91 Å². The van der Waals surface area contributed by atoms with Crippen molar-refractivity contribution in [2.45, 2.75) is 32.2 Å². The van der Waals surface area contributed by atoms with Gasteiger partial charge in [0.05, 0.1) is 16.6 Å². The smallest absolute Gasteiger partial charge is 0.226 e. The first-order chi connectivity index (χ1) is 16.9. The van der Waals surface area contributed by atoms with Crippen LogP contribution in [0.25, 0.3) is 9.88 Å². The lowest BCUT2D eigenvalue weighted by molar-refractivity contribution is -0.138. The monoisotopic (exact) mass is 503 g/mol. The third-order valence-corrected chi connectivity index (χ3v) is 7.93. The number of nitrogen functional groups attached to an aromatic ring is 1. The summed E-state index contributed by atoms with van der Waals surface area (Å²) in [4.78, 5) is 33.7. The molecule has 5 nitrogen and oxygen atoms in total. The van der Waals surface area contributed by atoms with E-state index in [1.807, 2.05) is 78.5 Å². The van der Waals surface area contributed by atoms with Crippen LogP contribution in [-0.4, -0.2) is 28.6 Å². The van der Waals surface area contributed by atoms with Gasteiger partial charge in [-0.25, -0.2) is 4.98 Å². The van der Waals surface area contributed by atoms with Crippen molar-refractivity contribution in [2.24, 2.45) is 5.92 Å². The van der Waals surface area contributed by atoms with Crippen molar-refractivity contribution in [1.82, 2.24) is 9.88 Å². The number of Topliss-reactive ketones (excluding diaryl/α,β-unsaturated/α-hetero) is 1. The predicted molar refractivity (Wildman–Crippen MR) is 144 cm³/mol. The van der Waals surface area contributed by atoms with Crippen LogP contribution in [0.2, 0.25) is 0 Å². The van der Waals surface area contributed by atoms with E-state index in [2.05, 4.69) is 6.07 Å². The molecule has 0 unspecified atom stereocenters. The van der Waals surface area contributed by atoms with Crippen molar-refractivity contribution in [3.63, 3.8) is 0 Å². The Labute approximate surface area is 214 Å². The van der Waals surface area contributed by atoms with Gasteiger partial charge in [-0.15, -0.1) is 22.7 Å². The number of anilines is 1. The van der Waals surface area contributed by atoms with Crippen molar-refractivity contribution in [2.75, 3.05) is 12.8 Å². The van der Waals surface area contributed by atoms with Crippen LogP contribution in [0.4, 0.5) is 5.69 Å². The number of nitrogens with zero attached hydrogens (tertiary/aromatic N) is 2. The Morgan fingerprint density at radius 3 is 2.31 bits per heavy atom. The van der Waals surface area contributed by atoms with E-state index < -0.39 is 5.92 Å². The van der Waals surface area contributed by atoms with Crippen LogP contribution in [0.1, 0.15) is 36.2 Å². The molecule has 0 aliphatic rings. The summed E-state index contributed by atoms with van der Waals surface area (Å²) in [6.07, 6.45) is 1.34. The van der Waals surface area contributed by atoms with Crippen LogP contribution in [0.15, 0.2) is 77.5 Å². The molecule has 4 aromatic rings. The molecule has 2 aromatic heterocycles. The van der Waals surface area contributed by atoms with E-state index in [-0.39, 0.29) is 24.2 Å². The Morgan fingerprint density at radius 1 is 0.943 bits per heavy atom. The molecule has 7 heteroatoms. The Morgan fingerprint density at radius 2 is 1.66 bits per heavy atom. The molecule has 2 heterocycles. The van der Waals surface area contributed by atoms with Crippen LogP contribution < -0.4 is 5.73 Å². The van der Waals surface area contributed by atoms with Crippen LogP contribution in [-0.2, 0) is 22.4 Å².